The molecule has 4 nitrogen and oxygen atoms in total. The summed E-state index contributed by atoms with van der Waals surface area (Å²) in [6, 6.07) is 7.16. The maximum absolute atomic E-state index is 13.9. The zero-order chi connectivity index (χ0) is 17.5. The first-order chi connectivity index (χ1) is 11.5. The Hall–Kier alpha value is -1.46. The lowest BCUT2D eigenvalue weighted by Crippen LogP contribution is -2.50. The summed E-state index contributed by atoms with van der Waals surface area (Å²) in [6.45, 7) is 8.80. The number of benzene rings is 1. The standard InChI is InChI=1S/C19H30FN3O/c1-4-22(5-2)15-19(24)21(3)17-10-8-12-23(14-17)13-16-9-6-7-11-18(16)20/h6-7,9,11,17H,4-5,8,10,12-15H2,1-3H3/t17-/m0/s1. The van der Waals surface area contributed by atoms with Gasteiger partial charge in [0.25, 0.3) is 0 Å². The molecule has 1 atom stereocenters. The first kappa shape index (κ1) is 18.9. The van der Waals surface area contributed by atoms with E-state index in [0.717, 1.165) is 44.6 Å². The zero-order valence-corrected chi connectivity index (χ0v) is 15.2. The Bertz CT molecular complexity index is 533. The number of amides is 1. The molecule has 1 amide bonds. The van der Waals surface area contributed by atoms with Crippen LogP contribution in [0.1, 0.15) is 32.3 Å². The Kier molecular flexibility index (Phi) is 7.18. The highest BCUT2D eigenvalue weighted by atomic mass is 19.1. The van der Waals surface area contributed by atoms with Gasteiger partial charge in [-0.1, -0.05) is 32.0 Å². The van der Waals surface area contributed by atoms with Crippen molar-refractivity contribution < 1.29 is 9.18 Å². The summed E-state index contributed by atoms with van der Waals surface area (Å²) in [4.78, 5) is 18.8. The zero-order valence-electron chi connectivity index (χ0n) is 15.2. The highest BCUT2D eigenvalue weighted by Crippen LogP contribution is 2.18. The van der Waals surface area contributed by atoms with E-state index >= 15 is 0 Å². The van der Waals surface area contributed by atoms with E-state index in [1.807, 2.05) is 24.1 Å². The van der Waals surface area contributed by atoms with Gasteiger partial charge in [0.05, 0.1) is 6.54 Å². The summed E-state index contributed by atoms with van der Waals surface area (Å²) in [5.41, 5.74) is 0.732. The smallest absolute Gasteiger partial charge is 0.236 e. The van der Waals surface area contributed by atoms with Crippen LogP contribution in [0, 0.1) is 5.82 Å². The van der Waals surface area contributed by atoms with Crippen molar-refractivity contribution in [2.45, 2.75) is 39.3 Å². The predicted molar refractivity (Wildman–Crippen MR) is 95.3 cm³/mol. The molecule has 0 spiro atoms. The third kappa shape index (κ3) is 5.02. The second-order valence-electron chi connectivity index (χ2n) is 6.59. The van der Waals surface area contributed by atoms with Crippen molar-refractivity contribution in [3.05, 3.63) is 35.6 Å². The minimum Gasteiger partial charge on any atom is -0.340 e. The van der Waals surface area contributed by atoms with Crippen LogP contribution >= 0.6 is 0 Å². The van der Waals surface area contributed by atoms with Crippen LogP contribution < -0.4 is 0 Å². The van der Waals surface area contributed by atoms with Gasteiger partial charge in [-0.2, -0.15) is 0 Å². The summed E-state index contributed by atoms with van der Waals surface area (Å²) < 4.78 is 13.9. The molecule has 1 aromatic rings. The Balaban J connectivity index is 1.92. The molecule has 1 aliphatic heterocycles. The van der Waals surface area contributed by atoms with Crippen molar-refractivity contribution in [3.63, 3.8) is 0 Å². The van der Waals surface area contributed by atoms with Gasteiger partial charge in [-0.15, -0.1) is 0 Å². The fourth-order valence-corrected chi connectivity index (χ4v) is 3.31. The average molecular weight is 335 g/mol. The number of carbonyl (C=O) groups is 1. The van der Waals surface area contributed by atoms with E-state index in [4.69, 9.17) is 0 Å². The molecular formula is C19H30FN3O. The van der Waals surface area contributed by atoms with Gasteiger partial charge in [0.15, 0.2) is 0 Å². The van der Waals surface area contributed by atoms with E-state index in [1.54, 1.807) is 6.07 Å². The lowest BCUT2D eigenvalue weighted by molar-refractivity contribution is -0.134. The van der Waals surface area contributed by atoms with Crippen LogP contribution in [-0.4, -0.2) is 66.4 Å². The fraction of sp³-hybridized carbons (Fsp3) is 0.632. The van der Waals surface area contributed by atoms with Crippen molar-refractivity contribution in [2.24, 2.45) is 0 Å². The second kappa shape index (κ2) is 9.14. The van der Waals surface area contributed by atoms with Crippen molar-refractivity contribution in [2.75, 3.05) is 39.8 Å². The Morgan fingerprint density at radius 1 is 1.29 bits per heavy atom. The maximum Gasteiger partial charge on any atom is 0.236 e. The molecule has 1 heterocycles. The van der Waals surface area contributed by atoms with Gasteiger partial charge in [-0.25, -0.2) is 4.39 Å². The normalized spacial score (nSPS) is 18.8. The van der Waals surface area contributed by atoms with Crippen molar-refractivity contribution >= 4 is 5.91 Å². The van der Waals surface area contributed by atoms with Crippen LogP contribution in [0.5, 0.6) is 0 Å². The highest BCUT2D eigenvalue weighted by molar-refractivity contribution is 5.78. The molecule has 0 bridgehead atoms. The number of rotatable bonds is 7. The number of carbonyl (C=O) groups excluding carboxylic acids is 1. The molecule has 0 radical (unpaired) electrons. The van der Waals surface area contributed by atoms with E-state index in [-0.39, 0.29) is 17.8 Å². The summed E-state index contributed by atoms with van der Waals surface area (Å²) in [5.74, 6) is 0.0297. The maximum atomic E-state index is 13.9. The molecule has 134 valence electrons. The lowest BCUT2D eigenvalue weighted by atomic mass is 10.0. The number of piperidine rings is 1. The Morgan fingerprint density at radius 3 is 2.67 bits per heavy atom. The summed E-state index contributed by atoms with van der Waals surface area (Å²) in [5, 5.41) is 0. The van der Waals surface area contributed by atoms with Crippen LogP contribution in [-0.2, 0) is 11.3 Å². The highest BCUT2D eigenvalue weighted by Gasteiger charge is 2.26. The van der Waals surface area contributed by atoms with Crippen molar-refractivity contribution in [1.29, 1.82) is 0 Å². The molecule has 24 heavy (non-hydrogen) atoms. The van der Waals surface area contributed by atoms with Gasteiger partial charge in [-0.3, -0.25) is 14.6 Å². The number of hydrogen-bond acceptors (Lipinski definition) is 3. The summed E-state index contributed by atoms with van der Waals surface area (Å²) >= 11 is 0. The van der Waals surface area contributed by atoms with Gasteiger partial charge in [0.2, 0.25) is 5.91 Å². The van der Waals surface area contributed by atoms with E-state index < -0.39 is 0 Å². The fourth-order valence-electron chi connectivity index (χ4n) is 3.31. The molecule has 0 N–H and O–H groups in total. The van der Waals surface area contributed by atoms with Gasteiger partial charge in [-0.05, 0) is 38.5 Å². The van der Waals surface area contributed by atoms with Crippen LogP contribution in [0.15, 0.2) is 24.3 Å². The minimum atomic E-state index is -0.148. The molecule has 0 aliphatic carbocycles. The summed E-state index contributed by atoms with van der Waals surface area (Å²) in [6.07, 6.45) is 2.07. The number of hydrogen-bond donors (Lipinski definition) is 0. The van der Waals surface area contributed by atoms with Gasteiger partial charge in [0.1, 0.15) is 5.82 Å². The topological polar surface area (TPSA) is 26.8 Å². The molecule has 0 saturated carbocycles. The molecule has 5 heteroatoms. The van der Waals surface area contributed by atoms with E-state index in [0.29, 0.717) is 13.1 Å². The van der Waals surface area contributed by atoms with E-state index in [9.17, 15) is 9.18 Å². The number of likely N-dealkylation sites (tertiary alicyclic amines) is 1. The SMILES string of the molecule is CCN(CC)CC(=O)N(C)[C@H]1CCCN(Cc2ccccc2F)C1. The monoisotopic (exact) mass is 335 g/mol. The van der Waals surface area contributed by atoms with Gasteiger partial charge < -0.3 is 4.90 Å². The van der Waals surface area contributed by atoms with Crippen LogP contribution in [0.2, 0.25) is 0 Å². The van der Waals surface area contributed by atoms with Crippen LogP contribution in [0.4, 0.5) is 4.39 Å². The largest absolute Gasteiger partial charge is 0.340 e. The van der Waals surface area contributed by atoms with E-state index in [1.165, 1.54) is 6.07 Å². The molecule has 1 saturated heterocycles. The van der Waals surface area contributed by atoms with Gasteiger partial charge in [0, 0.05) is 31.7 Å². The van der Waals surface area contributed by atoms with Crippen LogP contribution in [0.25, 0.3) is 0 Å². The van der Waals surface area contributed by atoms with Crippen LogP contribution in [0.3, 0.4) is 0 Å². The number of likely N-dealkylation sites (N-methyl/N-ethyl adjacent to an activating group) is 2. The number of nitrogens with zero attached hydrogens (tertiary/aromatic N) is 3. The predicted octanol–water partition coefficient (Wildman–Crippen LogP) is 2.59. The van der Waals surface area contributed by atoms with Crippen molar-refractivity contribution in [3.8, 4) is 0 Å². The molecule has 0 aromatic heterocycles. The molecular weight excluding hydrogens is 305 g/mol. The molecule has 1 fully saturated rings. The van der Waals surface area contributed by atoms with E-state index in [2.05, 4.69) is 23.6 Å². The third-order valence-corrected chi connectivity index (χ3v) is 5.03. The first-order valence-electron chi connectivity index (χ1n) is 8.98. The molecule has 1 aliphatic rings. The quantitative estimate of drug-likeness (QED) is 0.766. The molecule has 0 unspecified atom stereocenters. The second-order valence-corrected chi connectivity index (χ2v) is 6.59. The lowest BCUT2D eigenvalue weighted by Gasteiger charge is -2.38. The van der Waals surface area contributed by atoms with Crippen molar-refractivity contribution in [1.82, 2.24) is 14.7 Å². The summed E-state index contributed by atoms with van der Waals surface area (Å²) in [7, 11) is 1.91. The Labute approximate surface area is 145 Å². The Morgan fingerprint density at radius 2 is 2.00 bits per heavy atom. The third-order valence-electron chi connectivity index (χ3n) is 5.03. The average Bonchev–Trinajstić information content (AvgIpc) is 2.61. The minimum absolute atomic E-state index is 0.148. The number of halogens is 1. The van der Waals surface area contributed by atoms with Gasteiger partial charge >= 0.3 is 0 Å². The molecule has 2 rings (SSSR count). The molecule has 1 aromatic carbocycles. The first-order valence-corrected chi connectivity index (χ1v) is 8.98.